The lowest BCUT2D eigenvalue weighted by Crippen LogP contribution is -2.39. The van der Waals surface area contributed by atoms with Gasteiger partial charge < -0.3 is 5.32 Å². The first kappa shape index (κ1) is 16.3. The number of hydrogen-bond acceptors (Lipinski definition) is 3. The summed E-state index contributed by atoms with van der Waals surface area (Å²) in [5.74, 6) is 0.215. The molecule has 4 nitrogen and oxygen atoms in total. The number of nitrogens with one attached hydrogen (secondary N) is 1. The van der Waals surface area contributed by atoms with Crippen LogP contribution in [0.15, 0.2) is 24.3 Å². The zero-order valence-corrected chi connectivity index (χ0v) is 13.8. The van der Waals surface area contributed by atoms with Gasteiger partial charge in [-0.05, 0) is 51.3 Å². The monoisotopic (exact) mass is 310 g/mol. The van der Waals surface area contributed by atoms with E-state index in [-0.39, 0.29) is 5.75 Å². The largest absolute Gasteiger partial charge is 0.314 e. The van der Waals surface area contributed by atoms with Crippen LogP contribution < -0.4 is 9.62 Å². The minimum atomic E-state index is -3.25. The van der Waals surface area contributed by atoms with Crippen LogP contribution in [0.1, 0.15) is 38.2 Å². The summed E-state index contributed by atoms with van der Waals surface area (Å²) >= 11 is 0. The molecular formula is C16H26N2O2S. The molecule has 1 N–H and O–H groups in total. The first-order valence-corrected chi connectivity index (χ1v) is 9.45. The molecule has 0 saturated carbocycles. The molecule has 0 aliphatic carbocycles. The third-order valence-corrected chi connectivity index (χ3v) is 6.02. The van der Waals surface area contributed by atoms with E-state index in [1.54, 1.807) is 4.31 Å². The summed E-state index contributed by atoms with van der Waals surface area (Å²) in [5, 5.41) is 3.42. The Morgan fingerprint density at radius 2 is 2.05 bits per heavy atom. The van der Waals surface area contributed by atoms with Gasteiger partial charge in [0.15, 0.2) is 0 Å². The van der Waals surface area contributed by atoms with Crippen molar-refractivity contribution in [1.82, 2.24) is 5.32 Å². The maximum Gasteiger partial charge on any atom is 0.235 e. The highest BCUT2D eigenvalue weighted by molar-refractivity contribution is 7.92. The van der Waals surface area contributed by atoms with Gasteiger partial charge >= 0.3 is 0 Å². The van der Waals surface area contributed by atoms with Crippen molar-refractivity contribution in [1.29, 1.82) is 0 Å². The highest BCUT2D eigenvalue weighted by Crippen LogP contribution is 2.23. The minimum absolute atomic E-state index is 0.215. The van der Waals surface area contributed by atoms with Gasteiger partial charge in [-0.15, -0.1) is 0 Å². The highest BCUT2D eigenvalue weighted by Gasteiger charge is 2.24. The fraction of sp³-hybridized carbons (Fsp3) is 0.625. The van der Waals surface area contributed by atoms with Crippen LogP contribution in [0, 0.1) is 6.92 Å². The predicted octanol–water partition coefficient (Wildman–Crippen LogP) is 2.68. The summed E-state index contributed by atoms with van der Waals surface area (Å²) in [6.07, 6.45) is 4.19. The van der Waals surface area contributed by atoms with Crippen LogP contribution in [0.4, 0.5) is 5.69 Å². The third kappa shape index (κ3) is 4.20. The predicted molar refractivity (Wildman–Crippen MR) is 88.2 cm³/mol. The summed E-state index contributed by atoms with van der Waals surface area (Å²) in [4.78, 5) is 0. The second-order valence-electron chi connectivity index (χ2n) is 5.70. The maximum atomic E-state index is 12.7. The first-order valence-electron chi connectivity index (χ1n) is 7.84. The molecule has 1 aliphatic heterocycles. The average Bonchev–Trinajstić information content (AvgIpc) is 2.49. The Labute approximate surface area is 128 Å². The Morgan fingerprint density at radius 1 is 1.29 bits per heavy atom. The van der Waals surface area contributed by atoms with E-state index in [2.05, 4.69) is 5.32 Å². The van der Waals surface area contributed by atoms with Crippen molar-refractivity contribution in [2.75, 3.05) is 23.1 Å². The number of benzene rings is 1. The lowest BCUT2D eigenvalue weighted by Gasteiger charge is -2.27. The molecule has 1 saturated heterocycles. The van der Waals surface area contributed by atoms with E-state index in [4.69, 9.17) is 0 Å². The number of piperidine rings is 1. The molecule has 1 unspecified atom stereocenters. The second kappa shape index (κ2) is 7.27. The van der Waals surface area contributed by atoms with E-state index in [1.165, 1.54) is 12.8 Å². The van der Waals surface area contributed by atoms with Crippen LogP contribution in [0.2, 0.25) is 0 Å². The van der Waals surface area contributed by atoms with E-state index in [0.29, 0.717) is 19.0 Å². The van der Waals surface area contributed by atoms with E-state index in [0.717, 1.165) is 24.2 Å². The van der Waals surface area contributed by atoms with Crippen molar-refractivity contribution in [2.24, 2.45) is 0 Å². The topological polar surface area (TPSA) is 49.4 Å². The van der Waals surface area contributed by atoms with E-state index in [9.17, 15) is 8.42 Å². The van der Waals surface area contributed by atoms with Crippen LogP contribution in [0.3, 0.4) is 0 Å². The normalized spacial score (nSPS) is 19.4. The lowest BCUT2D eigenvalue weighted by atomic mass is 10.0. The van der Waals surface area contributed by atoms with Gasteiger partial charge in [0, 0.05) is 12.6 Å². The Hall–Kier alpha value is -1.07. The average molecular weight is 310 g/mol. The maximum absolute atomic E-state index is 12.7. The van der Waals surface area contributed by atoms with Gasteiger partial charge in [-0.25, -0.2) is 8.42 Å². The number of para-hydroxylation sites is 1. The molecule has 1 fully saturated rings. The molecule has 0 bridgehead atoms. The van der Waals surface area contributed by atoms with Crippen LogP contribution in [-0.4, -0.2) is 33.3 Å². The molecule has 118 valence electrons. The molecule has 1 aliphatic rings. The number of rotatable bonds is 6. The van der Waals surface area contributed by atoms with Crippen LogP contribution in [0.25, 0.3) is 0 Å². The van der Waals surface area contributed by atoms with Crippen LogP contribution in [-0.2, 0) is 10.0 Å². The van der Waals surface area contributed by atoms with Gasteiger partial charge in [-0.1, -0.05) is 24.6 Å². The van der Waals surface area contributed by atoms with Gasteiger partial charge in [-0.3, -0.25) is 4.31 Å². The van der Waals surface area contributed by atoms with Crippen LogP contribution >= 0.6 is 0 Å². The number of sulfonamides is 1. The quantitative estimate of drug-likeness (QED) is 0.879. The Morgan fingerprint density at radius 3 is 2.67 bits per heavy atom. The molecule has 0 aromatic heterocycles. The number of nitrogens with zero attached hydrogens (tertiary/aromatic N) is 1. The number of hydrogen-bond donors (Lipinski definition) is 1. The van der Waals surface area contributed by atoms with E-state index in [1.807, 2.05) is 38.1 Å². The number of aryl methyl sites for hydroxylation is 1. The summed E-state index contributed by atoms with van der Waals surface area (Å²) in [5.41, 5.74) is 1.80. The zero-order valence-electron chi connectivity index (χ0n) is 13.0. The lowest BCUT2D eigenvalue weighted by molar-refractivity contribution is 0.392. The van der Waals surface area contributed by atoms with Crippen molar-refractivity contribution < 1.29 is 8.42 Å². The summed E-state index contributed by atoms with van der Waals surface area (Å²) in [6, 6.07) is 8.02. The van der Waals surface area contributed by atoms with Crippen molar-refractivity contribution in [3.8, 4) is 0 Å². The summed E-state index contributed by atoms with van der Waals surface area (Å²) in [7, 11) is -3.25. The SMILES string of the molecule is CCN(c1ccccc1C)S(=O)(=O)CCC1CCCCN1. The van der Waals surface area contributed by atoms with Gasteiger partial charge in [0.25, 0.3) is 0 Å². The van der Waals surface area contributed by atoms with Crippen molar-refractivity contribution >= 4 is 15.7 Å². The molecule has 0 spiro atoms. The molecule has 21 heavy (non-hydrogen) atoms. The second-order valence-corrected chi connectivity index (χ2v) is 7.72. The molecule has 1 heterocycles. The summed E-state index contributed by atoms with van der Waals surface area (Å²) in [6.45, 7) is 5.34. The molecule has 1 aromatic carbocycles. The molecule has 0 amide bonds. The van der Waals surface area contributed by atoms with Gasteiger partial charge in [-0.2, -0.15) is 0 Å². The highest BCUT2D eigenvalue weighted by atomic mass is 32.2. The van der Waals surface area contributed by atoms with Crippen molar-refractivity contribution in [2.45, 2.75) is 45.6 Å². The molecule has 2 rings (SSSR count). The molecule has 1 aromatic rings. The fourth-order valence-electron chi connectivity index (χ4n) is 2.93. The van der Waals surface area contributed by atoms with E-state index >= 15 is 0 Å². The third-order valence-electron chi connectivity index (χ3n) is 4.14. The zero-order chi connectivity index (χ0) is 15.3. The fourth-order valence-corrected chi connectivity index (χ4v) is 4.63. The Balaban J connectivity index is 2.07. The van der Waals surface area contributed by atoms with Gasteiger partial charge in [0.05, 0.1) is 11.4 Å². The summed E-state index contributed by atoms with van der Waals surface area (Å²) < 4.78 is 26.9. The standard InChI is InChI=1S/C16H26N2O2S/c1-3-18(16-10-5-4-8-14(16)2)21(19,20)13-11-15-9-6-7-12-17-15/h4-5,8,10,15,17H,3,6-7,9,11-13H2,1-2H3. The minimum Gasteiger partial charge on any atom is -0.314 e. The van der Waals surface area contributed by atoms with Crippen LogP contribution in [0.5, 0.6) is 0 Å². The number of anilines is 1. The van der Waals surface area contributed by atoms with Gasteiger partial charge in [0.1, 0.15) is 0 Å². The molecule has 0 radical (unpaired) electrons. The van der Waals surface area contributed by atoms with Crippen molar-refractivity contribution in [3.63, 3.8) is 0 Å². The van der Waals surface area contributed by atoms with E-state index < -0.39 is 10.0 Å². The molecular weight excluding hydrogens is 284 g/mol. The van der Waals surface area contributed by atoms with Gasteiger partial charge in [0.2, 0.25) is 10.0 Å². The van der Waals surface area contributed by atoms with Crippen molar-refractivity contribution in [3.05, 3.63) is 29.8 Å². The molecule has 1 atom stereocenters. The smallest absolute Gasteiger partial charge is 0.235 e. The molecule has 5 heteroatoms. The Bertz CT molecular complexity index is 551. The Kier molecular flexibility index (Phi) is 5.65. The first-order chi connectivity index (χ1) is 10.0.